The molecule has 5 heteroatoms. The van der Waals surface area contributed by atoms with Crippen molar-refractivity contribution in [2.45, 2.75) is 25.2 Å². The molecule has 0 unspecified atom stereocenters. The van der Waals surface area contributed by atoms with E-state index in [0.29, 0.717) is 5.56 Å². The molecule has 5 nitrogen and oxygen atoms in total. The number of Topliss-reactive ketones (excluding diaryl/α,β-unsaturated/α-hetero) is 1. The van der Waals surface area contributed by atoms with Crippen molar-refractivity contribution in [3.05, 3.63) is 35.4 Å². The first-order valence-corrected chi connectivity index (χ1v) is 5.99. The molecule has 0 spiro atoms. The average Bonchev–Trinajstić information content (AvgIpc) is 3.21. The Morgan fingerprint density at radius 3 is 1.89 bits per heavy atom. The molecular weight excluding hydrogens is 248 g/mol. The van der Waals surface area contributed by atoms with E-state index in [2.05, 4.69) is 0 Å². The van der Waals surface area contributed by atoms with Crippen molar-refractivity contribution in [3.63, 3.8) is 0 Å². The van der Waals surface area contributed by atoms with Crippen molar-refractivity contribution < 1.29 is 24.6 Å². The molecule has 1 aromatic rings. The van der Waals surface area contributed by atoms with Gasteiger partial charge >= 0.3 is 11.9 Å². The van der Waals surface area contributed by atoms with E-state index in [9.17, 15) is 14.4 Å². The summed E-state index contributed by atoms with van der Waals surface area (Å²) in [4.78, 5) is 34.1. The van der Waals surface area contributed by atoms with Gasteiger partial charge in [-0.3, -0.25) is 14.4 Å². The van der Waals surface area contributed by atoms with Gasteiger partial charge in [-0.15, -0.1) is 0 Å². The molecule has 1 saturated carbocycles. The van der Waals surface area contributed by atoms with Crippen molar-refractivity contribution in [1.29, 1.82) is 0 Å². The zero-order valence-corrected chi connectivity index (χ0v) is 10.4. The summed E-state index contributed by atoms with van der Waals surface area (Å²) in [5, 5.41) is 18.2. The third kappa shape index (κ3) is 2.23. The molecule has 2 N–H and O–H groups in total. The third-order valence-electron chi connectivity index (χ3n) is 3.55. The van der Waals surface area contributed by atoms with Crippen LogP contribution in [0.15, 0.2) is 24.3 Å². The maximum Gasteiger partial charge on any atom is 0.325 e. The van der Waals surface area contributed by atoms with E-state index in [1.807, 2.05) is 0 Å². The lowest BCUT2D eigenvalue weighted by Gasteiger charge is -2.20. The molecule has 100 valence electrons. The van der Waals surface area contributed by atoms with Crippen LogP contribution in [0.1, 0.15) is 35.7 Å². The molecule has 0 amide bonds. The van der Waals surface area contributed by atoms with Crippen LogP contribution in [-0.4, -0.2) is 27.9 Å². The van der Waals surface area contributed by atoms with Crippen molar-refractivity contribution in [2.75, 3.05) is 0 Å². The number of aliphatic carboxylic acids is 2. The lowest BCUT2D eigenvalue weighted by molar-refractivity contribution is -0.156. The Balaban J connectivity index is 2.33. The highest BCUT2D eigenvalue weighted by atomic mass is 16.4. The summed E-state index contributed by atoms with van der Waals surface area (Å²) in [6.07, 6.45) is 1.78. The van der Waals surface area contributed by atoms with Crippen LogP contribution in [-0.2, 0) is 15.0 Å². The molecule has 0 aromatic heterocycles. The fourth-order valence-electron chi connectivity index (χ4n) is 1.89. The van der Waals surface area contributed by atoms with Crippen molar-refractivity contribution >= 4 is 17.7 Å². The van der Waals surface area contributed by atoms with Gasteiger partial charge in [-0.1, -0.05) is 24.3 Å². The Morgan fingerprint density at radius 1 is 1.05 bits per heavy atom. The Hall–Kier alpha value is -2.17. The summed E-state index contributed by atoms with van der Waals surface area (Å²) < 4.78 is 0. The predicted molar refractivity (Wildman–Crippen MR) is 66.1 cm³/mol. The second-order valence-electron chi connectivity index (χ2n) is 4.95. The maximum absolute atomic E-state index is 11.8. The van der Waals surface area contributed by atoms with Crippen LogP contribution < -0.4 is 0 Å². The van der Waals surface area contributed by atoms with E-state index >= 15 is 0 Å². The maximum atomic E-state index is 11.8. The summed E-state index contributed by atoms with van der Waals surface area (Å²) in [5.74, 6) is -2.74. The van der Waals surface area contributed by atoms with Crippen LogP contribution in [0, 0.1) is 5.92 Å². The zero-order valence-electron chi connectivity index (χ0n) is 10.4. The second kappa shape index (κ2) is 4.50. The Kier molecular flexibility index (Phi) is 3.14. The number of ketones is 1. The molecule has 1 fully saturated rings. The summed E-state index contributed by atoms with van der Waals surface area (Å²) in [5.41, 5.74) is -1.34. The standard InChI is InChI=1S/C14H14O5/c1-14(12(16)17,13(18)19)10-6-4-9(5-7-10)11(15)8-2-3-8/h4-8H,2-3H2,1H3,(H,16,17)(H,18,19). The van der Waals surface area contributed by atoms with Crippen LogP contribution in [0.25, 0.3) is 0 Å². The molecule has 0 bridgehead atoms. The molecule has 2 rings (SSSR count). The van der Waals surface area contributed by atoms with Crippen LogP contribution >= 0.6 is 0 Å². The van der Waals surface area contributed by atoms with Crippen LogP contribution in [0.3, 0.4) is 0 Å². The number of hydrogen-bond acceptors (Lipinski definition) is 3. The molecular formula is C14H14O5. The van der Waals surface area contributed by atoms with Crippen LogP contribution in [0.2, 0.25) is 0 Å². The fraction of sp³-hybridized carbons (Fsp3) is 0.357. The number of rotatable bonds is 5. The van der Waals surface area contributed by atoms with E-state index in [0.717, 1.165) is 19.8 Å². The fourth-order valence-corrected chi connectivity index (χ4v) is 1.89. The van der Waals surface area contributed by atoms with Gasteiger partial charge in [0.15, 0.2) is 11.2 Å². The highest BCUT2D eigenvalue weighted by molar-refractivity contribution is 6.04. The lowest BCUT2D eigenvalue weighted by Crippen LogP contribution is -2.40. The van der Waals surface area contributed by atoms with E-state index < -0.39 is 17.4 Å². The Bertz CT molecular complexity index is 525. The lowest BCUT2D eigenvalue weighted by atomic mass is 9.82. The first-order chi connectivity index (χ1) is 8.87. The minimum atomic E-state index is -2.00. The van der Waals surface area contributed by atoms with E-state index in [-0.39, 0.29) is 17.3 Å². The monoisotopic (exact) mass is 262 g/mol. The number of benzene rings is 1. The summed E-state index contributed by atoms with van der Waals surface area (Å²) >= 11 is 0. The molecule has 0 saturated heterocycles. The minimum absolute atomic E-state index is 0.0407. The molecule has 1 aromatic carbocycles. The molecule has 19 heavy (non-hydrogen) atoms. The van der Waals surface area contributed by atoms with Gasteiger partial charge in [0.05, 0.1) is 0 Å². The van der Waals surface area contributed by atoms with E-state index in [1.54, 1.807) is 0 Å². The SMILES string of the molecule is CC(C(=O)O)(C(=O)O)c1ccc(C(=O)C2CC2)cc1. The highest BCUT2D eigenvalue weighted by Crippen LogP contribution is 2.33. The van der Waals surface area contributed by atoms with Gasteiger partial charge in [0, 0.05) is 11.5 Å². The van der Waals surface area contributed by atoms with Crippen molar-refractivity contribution in [1.82, 2.24) is 0 Å². The third-order valence-corrected chi connectivity index (χ3v) is 3.55. The zero-order chi connectivity index (χ0) is 14.2. The molecule has 0 atom stereocenters. The minimum Gasteiger partial charge on any atom is -0.480 e. The predicted octanol–water partition coefficient (Wildman–Crippen LogP) is 1.71. The van der Waals surface area contributed by atoms with Gasteiger partial charge in [-0.25, -0.2) is 0 Å². The summed E-state index contributed by atoms with van der Waals surface area (Å²) in [6.45, 7) is 1.13. The first-order valence-electron chi connectivity index (χ1n) is 5.99. The van der Waals surface area contributed by atoms with Gasteiger partial charge in [-0.05, 0) is 25.3 Å². The number of carboxylic acid groups (broad SMARTS) is 2. The van der Waals surface area contributed by atoms with Crippen LogP contribution in [0.5, 0.6) is 0 Å². The summed E-state index contributed by atoms with van der Waals surface area (Å²) in [6, 6.07) is 5.80. The van der Waals surface area contributed by atoms with Gasteiger partial charge in [0.1, 0.15) is 0 Å². The second-order valence-corrected chi connectivity index (χ2v) is 4.95. The van der Waals surface area contributed by atoms with Crippen molar-refractivity contribution in [3.8, 4) is 0 Å². The Morgan fingerprint density at radius 2 is 1.53 bits per heavy atom. The largest absolute Gasteiger partial charge is 0.480 e. The average molecular weight is 262 g/mol. The van der Waals surface area contributed by atoms with E-state index in [4.69, 9.17) is 10.2 Å². The van der Waals surface area contributed by atoms with E-state index in [1.165, 1.54) is 24.3 Å². The summed E-state index contributed by atoms with van der Waals surface area (Å²) in [7, 11) is 0. The molecule has 0 aliphatic heterocycles. The quantitative estimate of drug-likeness (QED) is 0.622. The molecule has 0 heterocycles. The van der Waals surface area contributed by atoms with Crippen LogP contribution in [0.4, 0.5) is 0 Å². The molecule has 1 aliphatic carbocycles. The normalized spacial score (nSPS) is 15.0. The molecule has 0 radical (unpaired) electrons. The van der Waals surface area contributed by atoms with Crippen molar-refractivity contribution in [2.24, 2.45) is 5.92 Å². The molecule has 1 aliphatic rings. The number of carbonyl (C=O) groups excluding carboxylic acids is 1. The Labute approximate surface area is 109 Å². The van der Waals surface area contributed by atoms with Gasteiger partial charge in [0.25, 0.3) is 0 Å². The van der Waals surface area contributed by atoms with Gasteiger partial charge in [-0.2, -0.15) is 0 Å². The number of carbonyl (C=O) groups is 3. The van der Waals surface area contributed by atoms with Gasteiger partial charge in [0.2, 0.25) is 0 Å². The topological polar surface area (TPSA) is 91.7 Å². The van der Waals surface area contributed by atoms with Gasteiger partial charge < -0.3 is 10.2 Å². The number of hydrogen-bond donors (Lipinski definition) is 2. The highest BCUT2D eigenvalue weighted by Gasteiger charge is 2.43. The smallest absolute Gasteiger partial charge is 0.325 e. The first kappa shape index (κ1) is 13.3. The number of carboxylic acids is 2.